The third-order valence-electron chi connectivity index (χ3n) is 2.04. The smallest absolute Gasteiger partial charge is 0.242 e. The van der Waals surface area contributed by atoms with Gasteiger partial charge in [-0.05, 0) is 24.3 Å². The van der Waals surface area contributed by atoms with E-state index in [9.17, 15) is 4.79 Å². The molecule has 4 heteroatoms. The highest BCUT2D eigenvalue weighted by Crippen LogP contribution is 2.21. The lowest BCUT2D eigenvalue weighted by molar-refractivity contribution is 0.415. The molecule has 2 aromatic rings. The molecule has 0 aliphatic rings. The number of hydrogen-bond donors (Lipinski definition) is 0. The van der Waals surface area contributed by atoms with Gasteiger partial charge in [-0.2, -0.15) is 0 Å². The number of benzene rings is 1. The first-order valence-corrected chi connectivity index (χ1v) is 4.36. The van der Waals surface area contributed by atoms with Crippen LogP contribution in [0.3, 0.4) is 0 Å². The molecule has 0 atom stereocenters. The fourth-order valence-electron chi connectivity index (χ4n) is 1.32. The van der Waals surface area contributed by atoms with E-state index >= 15 is 0 Å². The Morgan fingerprint density at radius 3 is 2.87 bits per heavy atom. The summed E-state index contributed by atoms with van der Waals surface area (Å²) in [6.07, 6.45) is 1.46. The van der Waals surface area contributed by atoms with Crippen LogP contribution in [0.15, 0.2) is 35.3 Å². The summed E-state index contributed by atoms with van der Waals surface area (Å²) < 4.78 is 5.07. The van der Waals surface area contributed by atoms with Crippen molar-refractivity contribution < 1.29 is 9.53 Å². The minimum atomic E-state index is 0.353. The van der Waals surface area contributed by atoms with Crippen LogP contribution in [-0.4, -0.2) is 18.2 Å². The maximum atomic E-state index is 10.1. The molecular weight excluding hydrogens is 192 g/mol. The lowest BCUT2D eigenvalue weighted by Crippen LogP contribution is -1.84. The molecule has 0 radical (unpaired) electrons. The van der Waals surface area contributed by atoms with E-state index in [0.717, 1.165) is 16.7 Å². The molecule has 0 N–H and O–H groups in total. The zero-order valence-electron chi connectivity index (χ0n) is 8.10. The molecule has 2 rings (SSSR count). The Bertz CT molecular complexity index is 545. The molecule has 0 bridgehead atoms. The summed E-state index contributed by atoms with van der Waals surface area (Å²) >= 11 is 0. The summed E-state index contributed by atoms with van der Waals surface area (Å²) in [6, 6.07) is 9.05. The predicted molar refractivity (Wildman–Crippen MR) is 56.1 cm³/mol. The summed E-state index contributed by atoms with van der Waals surface area (Å²) in [7, 11) is 1.59. The molecule has 0 spiro atoms. The molecule has 15 heavy (non-hydrogen) atoms. The van der Waals surface area contributed by atoms with E-state index in [1.165, 1.54) is 6.08 Å². The van der Waals surface area contributed by atoms with Crippen LogP contribution in [0.25, 0.3) is 10.9 Å². The normalized spacial score (nSPS) is 9.67. The van der Waals surface area contributed by atoms with Crippen molar-refractivity contribution in [2.45, 2.75) is 0 Å². The Kier molecular flexibility index (Phi) is 2.44. The number of aliphatic imine (C=N–C) groups is 1. The van der Waals surface area contributed by atoms with Gasteiger partial charge in [-0.1, -0.05) is 0 Å². The highest BCUT2D eigenvalue weighted by Gasteiger charge is 1.99. The number of carbonyl (C=O) groups excluding carboxylic acids is 1. The third kappa shape index (κ3) is 1.85. The molecular formula is C11H8N2O2. The summed E-state index contributed by atoms with van der Waals surface area (Å²) in [5, 5.41) is 0.973. The van der Waals surface area contributed by atoms with Crippen molar-refractivity contribution in [2.75, 3.05) is 7.11 Å². The van der Waals surface area contributed by atoms with E-state index in [0.29, 0.717) is 5.82 Å². The molecule has 4 nitrogen and oxygen atoms in total. The van der Waals surface area contributed by atoms with Gasteiger partial charge in [-0.25, -0.2) is 9.78 Å². The van der Waals surface area contributed by atoms with Crippen LogP contribution in [0.1, 0.15) is 0 Å². The van der Waals surface area contributed by atoms with Crippen LogP contribution < -0.4 is 4.74 Å². The van der Waals surface area contributed by atoms with Gasteiger partial charge >= 0.3 is 0 Å². The van der Waals surface area contributed by atoms with Crippen molar-refractivity contribution in [1.29, 1.82) is 0 Å². The van der Waals surface area contributed by atoms with Gasteiger partial charge in [0.25, 0.3) is 0 Å². The molecule has 1 aromatic heterocycles. The SMILES string of the molecule is COc1ccc2ccc(N=C=O)nc2c1. The predicted octanol–water partition coefficient (Wildman–Crippen LogP) is 2.21. The minimum absolute atomic E-state index is 0.353. The van der Waals surface area contributed by atoms with Gasteiger partial charge in [0, 0.05) is 11.5 Å². The number of rotatable bonds is 2. The fraction of sp³-hybridized carbons (Fsp3) is 0.0909. The van der Waals surface area contributed by atoms with E-state index < -0.39 is 0 Å². The van der Waals surface area contributed by atoms with E-state index in [1.807, 2.05) is 18.2 Å². The Morgan fingerprint density at radius 2 is 2.13 bits per heavy atom. The fourth-order valence-corrected chi connectivity index (χ4v) is 1.32. The molecule has 0 fully saturated rings. The summed E-state index contributed by atoms with van der Waals surface area (Å²) in [6.45, 7) is 0. The first kappa shape index (κ1) is 9.37. The first-order chi connectivity index (χ1) is 7.33. The second-order valence-corrected chi connectivity index (χ2v) is 2.93. The summed E-state index contributed by atoms with van der Waals surface area (Å²) in [5.41, 5.74) is 0.742. The Labute approximate surface area is 86.2 Å². The standard InChI is InChI=1S/C11H8N2O2/c1-15-9-4-2-8-3-5-11(12-7-14)13-10(8)6-9/h2-6H,1H3. The number of aromatic nitrogens is 1. The van der Waals surface area contributed by atoms with Crippen LogP contribution in [0.5, 0.6) is 5.75 Å². The molecule has 0 unspecified atom stereocenters. The average Bonchev–Trinajstić information content (AvgIpc) is 2.28. The van der Waals surface area contributed by atoms with Crippen molar-refractivity contribution in [3.63, 3.8) is 0 Å². The Hall–Kier alpha value is -2.19. The highest BCUT2D eigenvalue weighted by molar-refractivity contribution is 5.81. The quantitative estimate of drug-likeness (QED) is 0.551. The number of fused-ring (bicyclic) bond motifs is 1. The van der Waals surface area contributed by atoms with Gasteiger partial charge < -0.3 is 4.74 Å². The van der Waals surface area contributed by atoms with E-state index in [-0.39, 0.29) is 0 Å². The number of hydrogen-bond acceptors (Lipinski definition) is 4. The van der Waals surface area contributed by atoms with Gasteiger partial charge in [0.05, 0.1) is 12.6 Å². The maximum Gasteiger partial charge on any atom is 0.242 e. The van der Waals surface area contributed by atoms with E-state index in [1.54, 1.807) is 19.2 Å². The van der Waals surface area contributed by atoms with Crippen LogP contribution >= 0.6 is 0 Å². The first-order valence-electron chi connectivity index (χ1n) is 4.36. The molecule has 1 aromatic carbocycles. The van der Waals surface area contributed by atoms with Crippen LogP contribution in [-0.2, 0) is 4.79 Å². The van der Waals surface area contributed by atoms with Gasteiger partial charge in [0.2, 0.25) is 6.08 Å². The zero-order valence-corrected chi connectivity index (χ0v) is 8.10. The van der Waals surface area contributed by atoms with Gasteiger partial charge in [-0.15, -0.1) is 4.99 Å². The van der Waals surface area contributed by atoms with Crippen LogP contribution in [0, 0.1) is 0 Å². The van der Waals surface area contributed by atoms with Crippen molar-refractivity contribution >= 4 is 22.8 Å². The largest absolute Gasteiger partial charge is 0.497 e. The molecule has 0 saturated heterocycles. The number of methoxy groups -OCH3 is 1. The number of isocyanates is 1. The van der Waals surface area contributed by atoms with E-state index in [4.69, 9.17) is 4.74 Å². The third-order valence-corrected chi connectivity index (χ3v) is 2.04. The van der Waals surface area contributed by atoms with Crippen molar-refractivity contribution in [3.8, 4) is 5.75 Å². The van der Waals surface area contributed by atoms with E-state index in [2.05, 4.69) is 9.98 Å². The molecule has 74 valence electrons. The summed E-state index contributed by atoms with van der Waals surface area (Å²) in [4.78, 5) is 17.7. The van der Waals surface area contributed by atoms with Gasteiger partial charge in [0.15, 0.2) is 5.82 Å². The topological polar surface area (TPSA) is 51.5 Å². The maximum absolute atomic E-state index is 10.1. The van der Waals surface area contributed by atoms with Crippen molar-refractivity contribution in [3.05, 3.63) is 30.3 Å². The van der Waals surface area contributed by atoms with Crippen molar-refractivity contribution in [2.24, 2.45) is 4.99 Å². The lowest BCUT2D eigenvalue weighted by Gasteiger charge is -2.01. The number of nitrogens with zero attached hydrogens (tertiary/aromatic N) is 2. The van der Waals surface area contributed by atoms with Gasteiger partial charge in [0.1, 0.15) is 5.75 Å². The monoisotopic (exact) mass is 200 g/mol. The molecule has 1 heterocycles. The average molecular weight is 200 g/mol. The highest BCUT2D eigenvalue weighted by atomic mass is 16.5. The van der Waals surface area contributed by atoms with Crippen molar-refractivity contribution in [1.82, 2.24) is 4.98 Å². The Morgan fingerprint density at radius 1 is 1.33 bits per heavy atom. The minimum Gasteiger partial charge on any atom is -0.497 e. The van der Waals surface area contributed by atoms with Gasteiger partial charge in [-0.3, -0.25) is 0 Å². The molecule has 0 aliphatic heterocycles. The van der Waals surface area contributed by atoms with Crippen LogP contribution in [0.2, 0.25) is 0 Å². The second-order valence-electron chi connectivity index (χ2n) is 2.93. The summed E-state index contributed by atoms with van der Waals surface area (Å²) in [5.74, 6) is 1.08. The second kappa shape index (κ2) is 3.90. The molecule has 0 aliphatic carbocycles. The number of ether oxygens (including phenoxy) is 1. The molecule has 0 saturated carbocycles. The Balaban J connectivity index is 2.62. The lowest BCUT2D eigenvalue weighted by atomic mass is 10.2. The zero-order chi connectivity index (χ0) is 10.7. The van der Waals surface area contributed by atoms with Crippen LogP contribution in [0.4, 0.5) is 5.82 Å². The number of pyridine rings is 1. The molecule has 0 amide bonds.